The van der Waals surface area contributed by atoms with Crippen LogP contribution in [0.1, 0.15) is 23.2 Å². The molecule has 2 heterocycles. The van der Waals surface area contributed by atoms with Gasteiger partial charge in [-0.1, -0.05) is 59.6 Å². The second-order valence-electron chi connectivity index (χ2n) is 9.38. The molecule has 202 valence electrons. The molecule has 0 radical (unpaired) electrons. The summed E-state index contributed by atoms with van der Waals surface area (Å²) in [7, 11) is -3.83. The van der Waals surface area contributed by atoms with Crippen molar-refractivity contribution in [2.24, 2.45) is 0 Å². The lowest BCUT2D eigenvalue weighted by molar-refractivity contribution is -0.126. The first-order valence-corrected chi connectivity index (χ1v) is 14.7. The Hall–Kier alpha value is -3.24. The molecule has 11 heteroatoms. The maximum absolute atomic E-state index is 13.2. The number of pyridine rings is 1. The number of rotatable bonds is 5. The standard InChI is InChI=1S/C28H26Cl2N4O4S/c29-21-9-12-23(24(30)18-21)28(36)34-15-3-14-33(16-17-34)27(35)20-7-10-22(11-8-20)32-39(37,38)25-6-1-4-19-5-2-13-31-26(19)25/h1-2,4-10,12-13,18,22,32H,3,11,14-17H2. The van der Waals surface area contributed by atoms with Crippen molar-refractivity contribution in [2.75, 3.05) is 26.2 Å². The maximum Gasteiger partial charge on any atom is 0.255 e. The topological polar surface area (TPSA) is 99.7 Å². The molecular weight excluding hydrogens is 559 g/mol. The van der Waals surface area contributed by atoms with Crippen LogP contribution in [0.4, 0.5) is 0 Å². The molecule has 0 saturated carbocycles. The second kappa shape index (κ2) is 11.5. The highest BCUT2D eigenvalue weighted by atomic mass is 35.5. The summed E-state index contributed by atoms with van der Waals surface area (Å²) in [5, 5.41) is 1.49. The molecule has 1 saturated heterocycles. The molecule has 2 aliphatic rings. The molecule has 8 nitrogen and oxygen atoms in total. The highest BCUT2D eigenvalue weighted by Gasteiger charge is 2.27. The van der Waals surface area contributed by atoms with E-state index in [0.717, 1.165) is 5.39 Å². The predicted octanol–water partition coefficient (Wildman–Crippen LogP) is 4.45. The van der Waals surface area contributed by atoms with Gasteiger partial charge < -0.3 is 9.80 Å². The third-order valence-corrected chi connectivity index (χ3v) is 8.84. The fraction of sp³-hybridized carbons (Fsp3) is 0.250. The first kappa shape index (κ1) is 27.3. The Morgan fingerprint density at radius 2 is 1.69 bits per heavy atom. The van der Waals surface area contributed by atoms with Gasteiger partial charge in [-0.05, 0) is 43.2 Å². The van der Waals surface area contributed by atoms with Gasteiger partial charge in [0, 0.05) is 54.4 Å². The van der Waals surface area contributed by atoms with E-state index in [1.54, 1.807) is 58.5 Å². The van der Waals surface area contributed by atoms with Crippen molar-refractivity contribution in [2.45, 2.75) is 23.8 Å². The average Bonchev–Trinajstić information content (AvgIpc) is 3.19. The van der Waals surface area contributed by atoms with E-state index in [9.17, 15) is 18.0 Å². The normalized spacial score (nSPS) is 18.1. The van der Waals surface area contributed by atoms with Crippen molar-refractivity contribution in [1.29, 1.82) is 0 Å². The van der Waals surface area contributed by atoms with Crippen LogP contribution >= 0.6 is 23.2 Å². The van der Waals surface area contributed by atoms with Gasteiger partial charge in [-0.3, -0.25) is 14.6 Å². The van der Waals surface area contributed by atoms with Crippen LogP contribution in [0, 0.1) is 0 Å². The highest BCUT2D eigenvalue weighted by molar-refractivity contribution is 7.89. The Morgan fingerprint density at radius 3 is 2.41 bits per heavy atom. The Kier molecular flexibility index (Phi) is 8.04. The molecule has 2 amide bonds. The molecule has 0 bridgehead atoms. The largest absolute Gasteiger partial charge is 0.337 e. The van der Waals surface area contributed by atoms with Crippen LogP contribution < -0.4 is 4.72 Å². The molecule has 1 fully saturated rings. The monoisotopic (exact) mass is 584 g/mol. The van der Waals surface area contributed by atoms with E-state index in [1.807, 2.05) is 12.1 Å². The molecule has 3 aromatic rings. The smallest absolute Gasteiger partial charge is 0.255 e. The van der Waals surface area contributed by atoms with Crippen LogP contribution in [0.5, 0.6) is 0 Å². The minimum atomic E-state index is -3.83. The van der Waals surface area contributed by atoms with Crippen LogP contribution in [0.2, 0.25) is 10.0 Å². The Bertz CT molecular complexity index is 1600. The van der Waals surface area contributed by atoms with Gasteiger partial charge in [0.2, 0.25) is 10.0 Å². The zero-order valence-electron chi connectivity index (χ0n) is 20.9. The average molecular weight is 586 g/mol. The number of hydrogen-bond acceptors (Lipinski definition) is 5. The molecule has 1 N–H and O–H groups in total. The Labute approximate surface area is 237 Å². The molecule has 5 rings (SSSR count). The van der Waals surface area contributed by atoms with E-state index < -0.39 is 16.1 Å². The van der Waals surface area contributed by atoms with Crippen LogP contribution in [0.15, 0.2) is 83.4 Å². The number of amides is 2. The molecular formula is C28H26Cl2N4O4S. The molecule has 1 aliphatic carbocycles. The van der Waals surface area contributed by atoms with E-state index in [4.69, 9.17) is 23.2 Å². The zero-order chi connectivity index (χ0) is 27.6. The number of nitrogens with zero attached hydrogens (tertiary/aromatic N) is 3. The second-order valence-corrected chi connectivity index (χ2v) is 11.9. The molecule has 1 aromatic heterocycles. The number of hydrogen-bond donors (Lipinski definition) is 1. The molecule has 0 spiro atoms. The third-order valence-electron chi connectivity index (χ3n) is 6.77. The minimum absolute atomic E-state index is 0.114. The number of fused-ring (bicyclic) bond motifs is 1. The van der Waals surface area contributed by atoms with Gasteiger partial charge in [0.15, 0.2) is 0 Å². The SMILES string of the molecule is O=C(C1=CCC(NS(=O)(=O)c2cccc3cccnc23)C=C1)N1CCCN(C(=O)c2ccc(Cl)cc2Cl)CC1. The molecule has 1 aliphatic heterocycles. The number of halogens is 2. The zero-order valence-corrected chi connectivity index (χ0v) is 23.2. The van der Waals surface area contributed by atoms with Gasteiger partial charge in [-0.2, -0.15) is 0 Å². The number of benzene rings is 2. The van der Waals surface area contributed by atoms with Crippen molar-refractivity contribution in [1.82, 2.24) is 19.5 Å². The van der Waals surface area contributed by atoms with Crippen molar-refractivity contribution < 1.29 is 18.0 Å². The molecule has 39 heavy (non-hydrogen) atoms. The van der Waals surface area contributed by atoms with Crippen molar-refractivity contribution in [3.63, 3.8) is 0 Å². The fourth-order valence-corrected chi connectivity index (χ4v) is 6.63. The summed E-state index contributed by atoms with van der Waals surface area (Å²) >= 11 is 12.2. The molecule has 1 unspecified atom stereocenters. The number of sulfonamides is 1. The lowest BCUT2D eigenvalue weighted by Crippen LogP contribution is -2.38. The van der Waals surface area contributed by atoms with Gasteiger partial charge in [0.05, 0.1) is 16.1 Å². The Balaban J connectivity index is 1.20. The summed E-state index contributed by atoms with van der Waals surface area (Å²) in [6.45, 7) is 1.77. The van der Waals surface area contributed by atoms with E-state index in [1.165, 1.54) is 12.1 Å². The lowest BCUT2D eigenvalue weighted by atomic mass is 10.0. The van der Waals surface area contributed by atoms with Crippen molar-refractivity contribution in [3.8, 4) is 0 Å². The molecule has 2 aromatic carbocycles. The lowest BCUT2D eigenvalue weighted by Gasteiger charge is -2.24. The van der Waals surface area contributed by atoms with Crippen molar-refractivity contribution >= 4 is 55.9 Å². The van der Waals surface area contributed by atoms with Crippen LogP contribution in [0.3, 0.4) is 0 Å². The number of aromatic nitrogens is 1. The van der Waals surface area contributed by atoms with Gasteiger partial charge >= 0.3 is 0 Å². The van der Waals surface area contributed by atoms with E-state index >= 15 is 0 Å². The van der Waals surface area contributed by atoms with E-state index in [0.29, 0.717) is 65.7 Å². The summed E-state index contributed by atoms with van der Waals surface area (Å²) < 4.78 is 28.9. The van der Waals surface area contributed by atoms with Crippen LogP contribution in [-0.4, -0.2) is 67.2 Å². The van der Waals surface area contributed by atoms with Crippen LogP contribution in [-0.2, 0) is 14.8 Å². The quantitative estimate of drug-likeness (QED) is 0.477. The van der Waals surface area contributed by atoms with Gasteiger partial charge in [0.1, 0.15) is 4.90 Å². The highest BCUT2D eigenvalue weighted by Crippen LogP contribution is 2.24. The number of nitrogens with one attached hydrogen (secondary N) is 1. The fourth-order valence-electron chi connectivity index (χ4n) is 4.76. The first-order valence-electron chi connectivity index (χ1n) is 12.5. The van der Waals surface area contributed by atoms with Gasteiger partial charge in [0.25, 0.3) is 11.8 Å². The van der Waals surface area contributed by atoms with Gasteiger partial charge in [-0.15, -0.1) is 0 Å². The summed E-state index contributed by atoms with van der Waals surface area (Å²) in [5.74, 6) is -0.344. The van der Waals surface area contributed by atoms with Crippen molar-refractivity contribution in [3.05, 3.63) is 94.1 Å². The Morgan fingerprint density at radius 1 is 0.949 bits per heavy atom. The van der Waals surface area contributed by atoms with Gasteiger partial charge in [-0.25, -0.2) is 13.1 Å². The summed E-state index contributed by atoms with van der Waals surface area (Å²) in [5.41, 5.74) is 1.29. The predicted molar refractivity (Wildman–Crippen MR) is 151 cm³/mol. The molecule has 1 atom stereocenters. The number of carbonyl (C=O) groups excluding carboxylic acids is 2. The summed E-state index contributed by atoms with van der Waals surface area (Å²) in [6, 6.07) is 12.9. The first-order chi connectivity index (χ1) is 18.7. The number of para-hydroxylation sites is 1. The van der Waals surface area contributed by atoms with E-state index in [-0.39, 0.29) is 16.7 Å². The minimum Gasteiger partial charge on any atom is -0.337 e. The maximum atomic E-state index is 13.2. The van der Waals surface area contributed by atoms with Crippen LogP contribution in [0.25, 0.3) is 10.9 Å². The number of carbonyl (C=O) groups is 2. The summed E-state index contributed by atoms with van der Waals surface area (Å²) in [4.78, 5) is 34.0. The summed E-state index contributed by atoms with van der Waals surface area (Å²) in [6.07, 6.45) is 7.62. The van der Waals surface area contributed by atoms with E-state index in [2.05, 4.69) is 9.71 Å². The third kappa shape index (κ3) is 6.01.